The first-order chi connectivity index (χ1) is 9.20. The summed E-state index contributed by atoms with van der Waals surface area (Å²) >= 11 is 1.38. The second kappa shape index (κ2) is 7.06. The molecule has 0 radical (unpaired) electrons. The van der Waals surface area contributed by atoms with Crippen molar-refractivity contribution in [3.63, 3.8) is 0 Å². The van der Waals surface area contributed by atoms with Gasteiger partial charge in [0.25, 0.3) is 0 Å². The van der Waals surface area contributed by atoms with E-state index in [1.807, 2.05) is 6.07 Å². The van der Waals surface area contributed by atoms with Crippen molar-refractivity contribution in [3.05, 3.63) is 21.9 Å². The highest BCUT2D eigenvalue weighted by atomic mass is 32.1. The molecule has 1 saturated carbocycles. The summed E-state index contributed by atoms with van der Waals surface area (Å²) in [6.45, 7) is 3.04. The van der Waals surface area contributed by atoms with E-state index in [9.17, 15) is 4.79 Å². The average molecular weight is 281 g/mol. The highest BCUT2D eigenvalue weighted by molar-refractivity contribution is 7.13. The van der Waals surface area contributed by atoms with Crippen molar-refractivity contribution in [2.45, 2.75) is 58.0 Å². The van der Waals surface area contributed by atoms with Crippen molar-refractivity contribution in [2.75, 3.05) is 0 Å². The second-order valence-electron chi connectivity index (χ2n) is 5.36. The van der Waals surface area contributed by atoms with E-state index >= 15 is 0 Å². The predicted molar refractivity (Wildman–Crippen MR) is 78.8 cm³/mol. The maximum absolute atomic E-state index is 10.8. The molecule has 4 heteroatoms. The summed E-state index contributed by atoms with van der Waals surface area (Å²) in [5.74, 6) is -0.0202. The van der Waals surface area contributed by atoms with Crippen LogP contribution in [0, 0.1) is 5.92 Å². The Balaban J connectivity index is 1.86. The maximum Gasteiger partial charge on any atom is 0.345 e. The van der Waals surface area contributed by atoms with E-state index in [-0.39, 0.29) is 0 Å². The van der Waals surface area contributed by atoms with Gasteiger partial charge < -0.3 is 10.4 Å². The Bertz CT molecular complexity index is 410. The molecule has 1 aliphatic carbocycles. The number of rotatable bonds is 6. The number of nitrogens with one attached hydrogen (secondary N) is 1. The van der Waals surface area contributed by atoms with Crippen LogP contribution in [0.3, 0.4) is 0 Å². The minimum atomic E-state index is -0.824. The highest BCUT2D eigenvalue weighted by Gasteiger charge is 2.21. The lowest BCUT2D eigenvalue weighted by molar-refractivity contribution is 0.0702. The van der Waals surface area contributed by atoms with Crippen molar-refractivity contribution in [3.8, 4) is 0 Å². The van der Waals surface area contributed by atoms with Crippen LogP contribution in [-0.4, -0.2) is 17.1 Å². The van der Waals surface area contributed by atoms with Gasteiger partial charge in [-0.3, -0.25) is 0 Å². The molecule has 1 heterocycles. The Hall–Kier alpha value is -0.870. The van der Waals surface area contributed by atoms with Gasteiger partial charge in [-0.15, -0.1) is 11.3 Å². The quantitative estimate of drug-likeness (QED) is 0.831. The molecule has 1 aromatic heterocycles. The van der Waals surface area contributed by atoms with E-state index in [4.69, 9.17) is 5.11 Å². The third-order valence-corrected chi connectivity index (χ3v) is 5.14. The summed E-state index contributed by atoms with van der Waals surface area (Å²) in [7, 11) is 0. The van der Waals surface area contributed by atoms with Crippen molar-refractivity contribution >= 4 is 17.3 Å². The van der Waals surface area contributed by atoms with Crippen molar-refractivity contribution < 1.29 is 9.90 Å². The minimum absolute atomic E-state index is 0.433. The van der Waals surface area contributed by atoms with Crippen LogP contribution in [0.15, 0.2) is 12.1 Å². The summed E-state index contributed by atoms with van der Waals surface area (Å²) in [6, 6.07) is 4.20. The zero-order chi connectivity index (χ0) is 13.7. The van der Waals surface area contributed by atoms with Gasteiger partial charge in [0, 0.05) is 17.5 Å². The van der Waals surface area contributed by atoms with Crippen LogP contribution >= 0.6 is 11.3 Å². The molecule has 1 aromatic rings. The molecule has 3 nitrogen and oxygen atoms in total. The smallest absolute Gasteiger partial charge is 0.345 e. The van der Waals surface area contributed by atoms with Crippen molar-refractivity contribution in [2.24, 2.45) is 5.92 Å². The Kier molecular flexibility index (Phi) is 5.40. The fourth-order valence-electron chi connectivity index (χ4n) is 3.00. The topological polar surface area (TPSA) is 49.3 Å². The Labute approximate surface area is 119 Å². The molecule has 1 aliphatic rings. The molecule has 0 aliphatic heterocycles. The normalized spacial score (nSPS) is 18.4. The van der Waals surface area contributed by atoms with E-state index in [0.29, 0.717) is 10.9 Å². The highest BCUT2D eigenvalue weighted by Crippen LogP contribution is 2.28. The zero-order valence-corrected chi connectivity index (χ0v) is 12.3. The van der Waals surface area contributed by atoms with Crippen LogP contribution in [0.2, 0.25) is 0 Å². The van der Waals surface area contributed by atoms with E-state index in [1.165, 1.54) is 43.4 Å². The molecule has 0 aromatic carbocycles. The molecule has 0 amide bonds. The lowest BCUT2D eigenvalue weighted by Gasteiger charge is -2.30. The second-order valence-corrected chi connectivity index (χ2v) is 6.53. The lowest BCUT2D eigenvalue weighted by Crippen LogP contribution is -2.36. The standard InChI is InChI=1S/C15H23NO2S/c1-2-13(11-6-4-3-5-7-11)16-10-12-8-9-14(19-12)15(17)18/h8-9,11,13,16H,2-7,10H2,1H3,(H,17,18). The monoisotopic (exact) mass is 281 g/mol. The van der Waals surface area contributed by atoms with Crippen LogP contribution < -0.4 is 5.32 Å². The van der Waals surface area contributed by atoms with Gasteiger partial charge in [0.2, 0.25) is 0 Å². The number of thiophene rings is 1. The van der Waals surface area contributed by atoms with Crippen LogP contribution in [0.1, 0.15) is 60.0 Å². The Morgan fingerprint density at radius 2 is 2.16 bits per heavy atom. The number of carboxylic acid groups (broad SMARTS) is 1. The number of hydrogen-bond donors (Lipinski definition) is 2. The zero-order valence-electron chi connectivity index (χ0n) is 11.5. The lowest BCUT2D eigenvalue weighted by atomic mass is 9.83. The molecule has 0 saturated heterocycles. The molecule has 1 fully saturated rings. The fraction of sp³-hybridized carbons (Fsp3) is 0.667. The summed E-state index contributed by atoms with van der Waals surface area (Å²) < 4.78 is 0. The van der Waals surface area contributed by atoms with Gasteiger partial charge in [-0.05, 0) is 37.3 Å². The van der Waals surface area contributed by atoms with E-state index in [0.717, 1.165) is 23.8 Å². The molecule has 106 valence electrons. The number of aromatic carboxylic acids is 1. The SMILES string of the molecule is CCC(NCc1ccc(C(=O)O)s1)C1CCCCC1. The first kappa shape index (κ1) is 14.5. The molecule has 0 spiro atoms. The van der Waals surface area contributed by atoms with Gasteiger partial charge in [0.1, 0.15) is 4.88 Å². The van der Waals surface area contributed by atoms with Gasteiger partial charge in [-0.1, -0.05) is 26.2 Å². The third-order valence-electron chi connectivity index (χ3n) is 4.07. The van der Waals surface area contributed by atoms with Crippen molar-refractivity contribution in [1.29, 1.82) is 0 Å². The van der Waals surface area contributed by atoms with Gasteiger partial charge in [-0.25, -0.2) is 4.79 Å². The first-order valence-corrected chi connectivity index (χ1v) is 8.07. The van der Waals surface area contributed by atoms with Gasteiger partial charge in [0.05, 0.1) is 0 Å². The molecular formula is C15H23NO2S. The molecule has 2 rings (SSSR count). The molecule has 1 unspecified atom stereocenters. The molecule has 2 N–H and O–H groups in total. The van der Waals surface area contributed by atoms with Crippen LogP contribution in [-0.2, 0) is 6.54 Å². The van der Waals surface area contributed by atoms with E-state index in [1.54, 1.807) is 6.07 Å². The third kappa shape index (κ3) is 4.05. The number of carbonyl (C=O) groups is 1. The molecule has 19 heavy (non-hydrogen) atoms. The summed E-state index contributed by atoms with van der Waals surface area (Å²) in [6.07, 6.45) is 7.96. The fourth-order valence-corrected chi connectivity index (χ4v) is 3.80. The molecule has 1 atom stereocenters. The predicted octanol–water partition coefficient (Wildman–Crippen LogP) is 3.89. The van der Waals surface area contributed by atoms with Gasteiger partial charge in [-0.2, -0.15) is 0 Å². The largest absolute Gasteiger partial charge is 0.477 e. The van der Waals surface area contributed by atoms with Crippen molar-refractivity contribution in [1.82, 2.24) is 5.32 Å². The summed E-state index contributed by atoms with van der Waals surface area (Å²) in [5.41, 5.74) is 0. The van der Waals surface area contributed by atoms with E-state index < -0.39 is 5.97 Å². The van der Waals surface area contributed by atoms with Crippen LogP contribution in [0.5, 0.6) is 0 Å². The van der Waals surface area contributed by atoms with Gasteiger partial charge >= 0.3 is 5.97 Å². The van der Waals surface area contributed by atoms with Crippen LogP contribution in [0.4, 0.5) is 0 Å². The average Bonchev–Trinajstić information content (AvgIpc) is 2.90. The maximum atomic E-state index is 10.8. The van der Waals surface area contributed by atoms with Gasteiger partial charge in [0.15, 0.2) is 0 Å². The summed E-state index contributed by atoms with van der Waals surface area (Å²) in [5, 5.41) is 12.5. The van der Waals surface area contributed by atoms with E-state index in [2.05, 4.69) is 12.2 Å². The molecule has 0 bridgehead atoms. The number of carboxylic acids is 1. The van der Waals surface area contributed by atoms with Crippen LogP contribution in [0.25, 0.3) is 0 Å². The Morgan fingerprint density at radius 1 is 1.42 bits per heavy atom. The first-order valence-electron chi connectivity index (χ1n) is 7.26. The number of hydrogen-bond acceptors (Lipinski definition) is 3. The summed E-state index contributed by atoms with van der Waals surface area (Å²) in [4.78, 5) is 12.4. The molecular weight excluding hydrogens is 258 g/mol. The Morgan fingerprint density at radius 3 is 2.74 bits per heavy atom. The minimum Gasteiger partial charge on any atom is -0.477 e.